The minimum Gasteiger partial charge on any atom is -0.457 e. The summed E-state index contributed by atoms with van der Waals surface area (Å²) in [5.41, 5.74) is 0. The number of aliphatic hydroxyl groups is 1. The minimum absolute atomic E-state index is 0.195. The van der Waals surface area contributed by atoms with Gasteiger partial charge in [0.2, 0.25) is 0 Å². The van der Waals surface area contributed by atoms with Crippen LogP contribution in [0.3, 0.4) is 0 Å². The molecule has 41 heavy (non-hydrogen) atoms. The summed E-state index contributed by atoms with van der Waals surface area (Å²) in [6.45, 7) is 5.05. The molecular weight excluding hydrogens is 508 g/mol. The number of unbranched alkanes of at least 4 members (excludes halogenated alkanes) is 9. The standard InChI is InChI=1S/C37H62O4/c1-3-5-7-9-11-13-15-17-18-19-21-23-25-27-29-31-33-40-35-36(34-38)41-37(39)32-30-28-26-24-22-20-16-14-12-10-8-6-4-2/h5,7-8,10-11,13-14,16-18,21,23,36,38H,3-4,6,9,12,15,19-20,22,24-35H2,1-2H3/b7-5-,10-8-,13-11-,16-14-,18-17-,23-21-. The van der Waals surface area contributed by atoms with Gasteiger partial charge in [-0.05, 0) is 77.0 Å². The van der Waals surface area contributed by atoms with Crippen LogP contribution in [0.15, 0.2) is 72.9 Å². The Labute approximate surface area is 253 Å². The lowest BCUT2D eigenvalue weighted by molar-refractivity contribution is -0.154. The second kappa shape index (κ2) is 34.0. The maximum absolute atomic E-state index is 12.1. The number of allylic oxidation sites excluding steroid dienone is 12. The number of esters is 1. The van der Waals surface area contributed by atoms with Crippen molar-refractivity contribution in [3.63, 3.8) is 0 Å². The Bertz CT molecular complexity index is 729. The molecule has 0 spiro atoms. The summed E-state index contributed by atoms with van der Waals surface area (Å²) >= 11 is 0. The lowest BCUT2D eigenvalue weighted by Crippen LogP contribution is -2.27. The second-order valence-electron chi connectivity index (χ2n) is 10.5. The Hall–Kier alpha value is -2.17. The fraction of sp³-hybridized carbons (Fsp3) is 0.649. The molecule has 0 fully saturated rings. The van der Waals surface area contributed by atoms with Gasteiger partial charge in [-0.1, -0.05) is 119 Å². The molecule has 0 aliphatic heterocycles. The van der Waals surface area contributed by atoms with Crippen LogP contribution in [0.5, 0.6) is 0 Å². The highest BCUT2D eigenvalue weighted by Gasteiger charge is 2.13. The van der Waals surface area contributed by atoms with Gasteiger partial charge >= 0.3 is 5.97 Å². The molecule has 0 aromatic carbocycles. The van der Waals surface area contributed by atoms with Gasteiger partial charge in [0.15, 0.2) is 0 Å². The molecule has 0 saturated carbocycles. The number of hydrogen-bond acceptors (Lipinski definition) is 4. The Morgan fingerprint density at radius 2 is 1.10 bits per heavy atom. The highest BCUT2D eigenvalue weighted by Crippen LogP contribution is 2.10. The molecule has 4 heteroatoms. The summed E-state index contributed by atoms with van der Waals surface area (Å²) in [5, 5.41) is 9.52. The Balaban J connectivity index is 3.58. The van der Waals surface area contributed by atoms with Gasteiger partial charge in [-0.25, -0.2) is 0 Å². The van der Waals surface area contributed by atoms with Gasteiger partial charge in [-0.2, -0.15) is 0 Å². The summed E-state index contributed by atoms with van der Waals surface area (Å²) in [4.78, 5) is 12.1. The molecule has 0 rings (SSSR count). The third-order valence-electron chi connectivity index (χ3n) is 6.50. The van der Waals surface area contributed by atoms with Gasteiger partial charge in [-0.3, -0.25) is 4.79 Å². The molecule has 0 aromatic heterocycles. The zero-order chi connectivity index (χ0) is 29.9. The van der Waals surface area contributed by atoms with E-state index in [1.54, 1.807) is 0 Å². The lowest BCUT2D eigenvalue weighted by Gasteiger charge is -2.15. The number of aliphatic hydroxyl groups excluding tert-OH is 1. The molecule has 0 bridgehead atoms. The predicted molar refractivity (Wildman–Crippen MR) is 177 cm³/mol. The predicted octanol–water partition coefficient (Wildman–Crippen LogP) is 10.3. The lowest BCUT2D eigenvalue weighted by atomic mass is 10.1. The van der Waals surface area contributed by atoms with Gasteiger partial charge in [0.25, 0.3) is 0 Å². The zero-order valence-electron chi connectivity index (χ0n) is 26.5. The molecule has 0 saturated heterocycles. The van der Waals surface area contributed by atoms with Crippen LogP contribution >= 0.6 is 0 Å². The van der Waals surface area contributed by atoms with Gasteiger partial charge in [0.1, 0.15) is 6.10 Å². The highest BCUT2D eigenvalue weighted by molar-refractivity contribution is 5.69. The van der Waals surface area contributed by atoms with Crippen LogP contribution in [0.25, 0.3) is 0 Å². The molecule has 0 radical (unpaired) electrons. The van der Waals surface area contributed by atoms with E-state index in [4.69, 9.17) is 9.47 Å². The van der Waals surface area contributed by atoms with E-state index >= 15 is 0 Å². The van der Waals surface area contributed by atoms with E-state index in [0.717, 1.165) is 83.5 Å². The quantitative estimate of drug-likeness (QED) is 0.0552. The van der Waals surface area contributed by atoms with Gasteiger partial charge in [0, 0.05) is 13.0 Å². The van der Waals surface area contributed by atoms with Gasteiger partial charge in [-0.15, -0.1) is 0 Å². The van der Waals surface area contributed by atoms with Crippen LogP contribution in [-0.2, 0) is 14.3 Å². The summed E-state index contributed by atoms with van der Waals surface area (Å²) in [6.07, 6.45) is 45.0. The van der Waals surface area contributed by atoms with Crippen LogP contribution in [0.4, 0.5) is 0 Å². The number of hydrogen-bond donors (Lipinski definition) is 1. The highest BCUT2D eigenvalue weighted by atomic mass is 16.6. The fourth-order valence-corrected chi connectivity index (χ4v) is 4.06. The molecule has 0 aromatic rings. The molecular formula is C37H62O4. The monoisotopic (exact) mass is 570 g/mol. The van der Waals surface area contributed by atoms with Crippen LogP contribution < -0.4 is 0 Å². The van der Waals surface area contributed by atoms with E-state index in [1.165, 1.54) is 25.7 Å². The van der Waals surface area contributed by atoms with Crippen LogP contribution in [0.1, 0.15) is 129 Å². The maximum atomic E-state index is 12.1. The van der Waals surface area contributed by atoms with E-state index < -0.39 is 6.10 Å². The molecule has 0 aliphatic rings. The topological polar surface area (TPSA) is 55.8 Å². The van der Waals surface area contributed by atoms with E-state index in [0.29, 0.717) is 13.0 Å². The van der Waals surface area contributed by atoms with E-state index in [2.05, 4.69) is 86.8 Å². The molecule has 0 amide bonds. The first kappa shape index (κ1) is 38.8. The van der Waals surface area contributed by atoms with Crippen LogP contribution in [-0.4, -0.2) is 37.0 Å². The van der Waals surface area contributed by atoms with E-state index in [-0.39, 0.29) is 19.2 Å². The average Bonchev–Trinajstić information content (AvgIpc) is 2.98. The number of carbonyl (C=O) groups is 1. The molecule has 234 valence electrons. The second-order valence-corrected chi connectivity index (χ2v) is 10.5. The van der Waals surface area contributed by atoms with Crippen LogP contribution in [0.2, 0.25) is 0 Å². The Kier molecular flexibility index (Phi) is 32.2. The first-order valence-electron chi connectivity index (χ1n) is 16.5. The minimum atomic E-state index is -0.560. The molecule has 0 aliphatic carbocycles. The SMILES string of the molecule is CC/C=C\C/C=C\C/C=C\C/C=C\CCCCCOCC(CO)OC(=O)CCCCCCC/C=C\C/C=C\CCC. The maximum Gasteiger partial charge on any atom is 0.306 e. The number of carbonyl (C=O) groups excluding carboxylic acids is 1. The molecule has 1 N–H and O–H groups in total. The van der Waals surface area contributed by atoms with Crippen molar-refractivity contribution in [3.8, 4) is 0 Å². The fourth-order valence-electron chi connectivity index (χ4n) is 4.06. The van der Waals surface area contributed by atoms with E-state index in [9.17, 15) is 9.90 Å². The van der Waals surface area contributed by atoms with Gasteiger partial charge < -0.3 is 14.6 Å². The average molecular weight is 571 g/mol. The normalized spacial score (nSPS) is 13.3. The molecule has 0 heterocycles. The largest absolute Gasteiger partial charge is 0.457 e. The zero-order valence-corrected chi connectivity index (χ0v) is 26.5. The third kappa shape index (κ3) is 32.2. The van der Waals surface area contributed by atoms with Crippen molar-refractivity contribution < 1.29 is 19.4 Å². The van der Waals surface area contributed by atoms with Gasteiger partial charge in [0.05, 0.1) is 13.2 Å². The smallest absolute Gasteiger partial charge is 0.306 e. The first-order chi connectivity index (χ1) is 20.2. The van der Waals surface area contributed by atoms with E-state index in [1.807, 2.05) is 0 Å². The summed E-state index contributed by atoms with van der Waals surface area (Å²) < 4.78 is 11.0. The van der Waals surface area contributed by atoms with Crippen molar-refractivity contribution in [1.29, 1.82) is 0 Å². The summed E-state index contributed by atoms with van der Waals surface area (Å²) in [7, 11) is 0. The van der Waals surface area contributed by atoms with Crippen molar-refractivity contribution in [3.05, 3.63) is 72.9 Å². The Morgan fingerprint density at radius 1 is 0.610 bits per heavy atom. The Morgan fingerprint density at radius 3 is 1.66 bits per heavy atom. The van der Waals surface area contributed by atoms with Crippen molar-refractivity contribution >= 4 is 5.97 Å². The molecule has 4 nitrogen and oxygen atoms in total. The summed E-state index contributed by atoms with van der Waals surface area (Å²) in [6, 6.07) is 0. The molecule has 1 unspecified atom stereocenters. The van der Waals surface area contributed by atoms with Crippen molar-refractivity contribution in [2.24, 2.45) is 0 Å². The number of ether oxygens (including phenoxy) is 2. The van der Waals surface area contributed by atoms with Crippen LogP contribution in [0, 0.1) is 0 Å². The summed E-state index contributed by atoms with van der Waals surface area (Å²) in [5.74, 6) is -0.232. The van der Waals surface area contributed by atoms with Crippen molar-refractivity contribution in [1.82, 2.24) is 0 Å². The molecule has 1 atom stereocenters. The third-order valence-corrected chi connectivity index (χ3v) is 6.50. The first-order valence-corrected chi connectivity index (χ1v) is 16.5. The van der Waals surface area contributed by atoms with Crippen molar-refractivity contribution in [2.45, 2.75) is 136 Å². The number of rotatable bonds is 29. The van der Waals surface area contributed by atoms with Crippen molar-refractivity contribution in [2.75, 3.05) is 19.8 Å².